The molecule has 1 heterocycles. The molecule has 1 atom stereocenters. The van der Waals surface area contributed by atoms with Crippen molar-refractivity contribution in [3.05, 3.63) is 30.1 Å². The summed E-state index contributed by atoms with van der Waals surface area (Å²) in [5, 5.41) is 1.49. The summed E-state index contributed by atoms with van der Waals surface area (Å²) < 4.78 is 57.0. The van der Waals surface area contributed by atoms with Crippen LogP contribution in [0.1, 0.15) is 6.92 Å². The van der Waals surface area contributed by atoms with Crippen LogP contribution in [0.4, 0.5) is 28.0 Å². The second-order valence-corrected chi connectivity index (χ2v) is 4.16. The molecule has 1 aromatic rings. The molecule has 1 aliphatic heterocycles. The number of hydrogen-bond acceptors (Lipinski definition) is 3. The van der Waals surface area contributed by atoms with Crippen molar-refractivity contribution in [1.82, 2.24) is 5.32 Å². The number of nitrogens with one attached hydrogen (secondary N) is 1. The number of urea groups is 1. The number of imide groups is 1. The highest BCUT2D eigenvalue weighted by Crippen LogP contribution is 2.38. The van der Waals surface area contributed by atoms with E-state index in [0.29, 0.717) is 0 Å². The fourth-order valence-corrected chi connectivity index (χ4v) is 1.95. The van der Waals surface area contributed by atoms with E-state index in [1.165, 1.54) is 18.3 Å². The van der Waals surface area contributed by atoms with Crippen molar-refractivity contribution < 1.29 is 31.9 Å². The third-order valence-electron chi connectivity index (χ3n) is 2.82. The molecular weight excluding hydrogens is 296 g/mol. The number of hydrogen-bond donors (Lipinski definition) is 1. The highest BCUT2D eigenvalue weighted by atomic mass is 19.4. The highest BCUT2D eigenvalue weighted by molar-refractivity contribution is 6.23. The number of carbonyl (C=O) groups is 2. The van der Waals surface area contributed by atoms with Crippen LogP contribution in [0.2, 0.25) is 0 Å². The predicted octanol–water partition coefficient (Wildman–Crippen LogP) is 2.18. The minimum Gasteiger partial charge on any atom is -0.340 e. The van der Waals surface area contributed by atoms with Gasteiger partial charge in [-0.25, -0.2) is 14.1 Å². The van der Waals surface area contributed by atoms with E-state index in [2.05, 4.69) is 4.74 Å². The first-order valence-corrected chi connectivity index (χ1v) is 5.86. The fraction of sp³-hybridized carbons (Fsp3) is 0.333. The lowest BCUT2D eigenvalue weighted by atomic mass is 10.2. The van der Waals surface area contributed by atoms with Gasteiger partial charge in [0.1, 0.15) is 5.82 Å². The molecule has 0 aliphatic carbocycles. The van der Waals surface area contributed by atoms with Crippen molar-refractivity contribution in [2.24, 2.45) is 0 Å². The maximum atomic E-state index is 13.1. The molecule has 1 aliphatic rings. The minimum atomic E-state index is -5.15. The van der Waals surface area contributed by atoms with Crippen LogP contribution in [0.15, 0.2) is 24.3 Å². The van der Waals surface area contributed by atoms with Gasteiger partial charge in [-0.15, -0.1) is 0 Å². The van der Waals surface area contributed by atoms with E-state index in [0.717, 1.165) is 18.2 Å². The zero-order valence-electron chi connectivity index (χ0n) is 10.7. The molecule has 21 heavy (non-hydrogen) atoms. The summed E-state index contributed by atoms with van der Waals surface area (Å²) in [7, 11) is 0. The summed E-state index contributed by atoms with van der Waals surface area (Å²) in [5.74, 6) is -2.46. The van der Waals surface area contributed by atoms with Crippen molar-refractivity contribution in [3.63, 3.8) is 0 Å². The van der Waals surface area contributed by atoms with Gasteiger partial charge < -0.3 is 4.74 Å². The van der Waals surface area contributed by atoms with E-state index >= 15 is 0 Å². The zero-order chi connectivity index (χ0) is 15.8. The van der Waals surface area contributed by atoms with Crippen molar-refractivity contribution in [2.75, 3.05) is 11.5 Å². The maximum absolute atomic E-state index is 13.1. The Bertz CT molecular complexity index is 590. The Labute approximate surface area is 116 Å². The van der Waals surface area contributed by atoms with Gasteiger partial charge in [-0.3, -0.25) is 10.1 Å². The lowest BCUT2D eigenvalue weighted by Gasteiger charge is -2.28. The Morgan fingerprint density at radius 3 is 2.52 bits per heavy atom. The summed E-state index contributed by atoms with van der Waals surface area (Å²) in [6.07, 6.45) is -5.15. The summed E-state index contributed by atoms with van der Waals surface area (Å²) in [6, 6.07) is 2.77. The van der Waals surface area contributed by atoms with Gasteiger partial charge in [0.05, 0.1) is 5.69 Å². The number of rotatable bonds is 3. The van der Waals surface area contributed by atoms with Crippen LogP contribution in [-0.2, 0) is 9.53 Å². The number of alkyl halides is 3. The number of amides is 3. The molecule has 9 heteroatoms. The normalized spacial score (nSPS) is 22.6. The van der Waals surface area contributed by atoms with Gasteiger partial charge in [0.25, 0.3) is 5.91 Å². The van der Waals surface area contributed by atoms with Crippen LogP contribution in [0.5, 0.6) is 0 Å². The van der Waals surface area contributed by atoms with Crippen LogP contribution < -0.4 is 10.2 Å². The molecule has 5 nitrogen and oxygen atoms in total. The summed E-state index contributed by atoms with van der Waals surface area (Å²) in [6.45, 7) is 0.792. The molecule has 3 amide bonds. The molecule has 0 unspecified atom stereocenters. The molecule has 2 rings (SSSR count). The standard InChI is InChI=1S/C12H10F4N2O3/c1-2-21-11(12(14,15)16)9(19)18(10(20)17-11)8-5-3-4-7(13)6-8/h3-6H,2H2,1H3,(H,17,20)/t11-/m1/s1. The first-order chi connectivity index (χ1) is 9.73. The number of benzene rings is 1. The van der Waals surface area contributed by atoms with E-state index in [-0.39, 0.29) is 10.6 Å². The number of halogens is 4. The molecule has 0 bridgehead atoms. The van der Waals surface area contributed by atoms with Crippen LogP contribution in [-0.4, -0.2) is 30.4 Å². The molecule has 0 aromatic heterocycles. The van der Waals surface area contributed by atoms with Crippen LogP contribution in [0, 0.1) is 5.82 Å². The third-order valence-corrected chi connectivity index (χ3v) is 2.82. The van der Waals surface area contributed by atoms with Gasteiger partial charge >= 0.3 is 17.9 Å². The first kappa shape index (κ1) is 15.2. The molecule has 1 saturated heterocycles. The quantitative estimate of drug-likeness (QED) is 0.688. The average Bonchev–Trinajstić information content (AvgIpc) is 2.62. The SMILES string of the molecule is CCO[C@]1(C(F)(F)F)NC(=O)N(c2cccc(F)c2)C1=O. The topological polar surface area (TPSA) is 58.6 Å². The van der Waals surface area contributed by atoms with Gasteiger partial charge in [0, 0.05) is 6.61 Å². The van der Waals surface area contributed by atoms with E-state index in [9.17, 15) is 27.2 Å². The molecule has 114 valence electrons. The lowest BCUT2D eigenvalue weighted by Crippen LogP contribution is -2.60. The Morgan fingerprint density at radius 2 is 2.00 bits per heavy atom. The molecule has 0 saturated carbocycles. The number of carbonyl (C=O) groups excluding carboxylic acids is 2. The summed E-state index contributed by atoms with van der Waals surface area (Å²) in [5.41, 5.74) is -3.77. The van der Waals surface area contributed by atoms with Gasteiger partial charge in [-0.05, 0) is 25.1 Å². The number of ether oxygens (including phenoxy) is 1. The number of anilines is 1. The van der Waals surface area contributed by atoms with E-state index in [4.69, 9.17) is 0 Å². The second kappa shape index (κ2) is 4.99. The van der Waals surface area contributed by atoms with Gasteiger partial charge in [0.15, 0.2) is 0 Å². The van der Waals surface area contributed by atoms with E-state index in [1.807, 2.05) is 0 Å². The Balaban J connectivity index is 2.48. The molecular formula is C12H10F4N2O3. The minimum absolute atomic E-state index is 0.201. The first-order valence-electron chi connectivity index (χ1n) is 5.86. The summed E-state index contributed by atoms with van der Waals surface area (Å²) >= 11 is 0. The van der Waals surface area contributed by atoms with Crippen molar-refractivity contribution in [1.29, 1.82) is 0 Å². The number of nitrogens with zero attached hydrogens (tertiary/aromatic N) is 1. The molecule has 1 fully saturated rings. The Kier molecular flexibility index (Phi) is 3.62. The van der Waals surface area contributed by atoms with Crippen molar-refractivity contribution in [2.45, 2.75) is 18.8 Å². The van der Waals surface area contributed by atoms with Crippen molar-refractivity contribution in [3.8, 4) is 0 Å². The second-order valence-electron chi connectivity index (χ2n) is 4.16. The van der Waals surface area contributed by atoms with Gasteiger partial charge in [-0.2, -0.15) is 13.2 Å². The van der Waals surface area contributed by atoms with Gasteiger partial charge in [0.2, 0.25) is 0 Å². The largest absolute Gasteiger partial charge is 0.446 e. The Hall–Kier alpha value is -2.16. The highest BCUT2D eigenvalue weighted by Gasteiger charge is 2.69. The zero-order valence-corrected chi connectivity index (χ0v) is 10.7. The molecule has 1 N–H and O–H groups in total. The van der Waals surface area contributed by atoms with Crippen molar-refractivity contribution >= 4 is 17.6 Å². The van der Waals surface area contributed by atoms with Crippen LogP contribution in [0.3, 0.4) is 0 Å². The van der Waals surface area contributed by atoms with Crippen LogP contribution >= 0.6 is 0 Å². The smallest absolute Gasteiger partial charge is 0.340 e. The maximum Gasteiger partial charge on any atom is 0.446 e. The van der Waals surface area contributed by atoms with E-state index in [1.54, 1.807) is 0 Å². The Morgan fingerprint density at radius 1 is 1.33 bits per heavy atom. The molecule has 0 spiro atoms. The predicted molar refractivity (Wildman–Crippen MR) is 62.8 cm³/mol. The lowest BCUT2D eigenvalue weighted by molar-refractivity contribution is -0.267. The monoisotopic (exact) mass is 306 g/mol. The van der Waals surface area contributed by atoms with E-state index < -0.39 is 36.3 Å². The fourth-order valence-electron chi connectivity index (χ4n) is 1.95. The molecule has 0 radical (unpaired) electrons. The van der Waals surface area contributed by atoms with Crippen LogP contribution in [0.25, 0.3) is 0 Å². The molecule has 1 aromatic carbocycles. The average molecular weight is 306 g/mol. The van der Waals surface area contributed by atoms with Gasteiger partial charge in [-0.1, -0.05) is 6.07 Å². The third kappa shape index (κ3) is 2.33. The summed E-state index contributed by atoms with van der Waals surface area (Å²) in [4.78, 5) is 24.0.